The van der Waals surface area contributed by atoms with Gasteiger partial charge >= 0.3 is 0 Å². The van der Waals surface area contributed by atoms with Gasteiger partial charge in [0.05, 0.1) is 0 Å². The topological polar surface area (TPSA) is 49.7 Å². The molecule has 0 unspecified atom stereocenters. The molecule has 0 fully saturated rings. The molecule has 3 heteroatoms. The zero-order valence-electron chi connectivity index (χ0n) is 6.92. The minimum Gasteiger partial charge on any atom is -0.410 e. The molecule has 0 radical (unpaired) electrons. The summed E-state index contributed by atoms with van der Waals surface area (Å²) in [7, 11) is 0. The van der Waals surface area contributed by atoms with Crippen LogP contribution in [-0.4, -0.2) is 17.2 Å². The quantitative estimate of drug-likeness (QED) is 0.329. The van der Waals surface area contributed by atoms with Crippen LogP contribution in [-0.2, 0) is 4.79 Å². The summed E-state index contributed by atoms with van der Waals surface area (Å²) in [5.74, 6) is 0. The van der Waals surface area contributed by atoms with E-state index in [1.54, 1.807) is 6.08 Å². The van der Waals surface area contributed by atoms with Crippen molar-refractivity contribution in [1.82, 2.24) is 0 Å². The molecule has 0 bridgehead atoms. The highest BCUT2D eigenvalue weighted by Gasteiger charge is 1.89. The van der Waals surface area contributed by atoms with Crippen molar-refractivity contribution in [3.05, 3.63) is 42.0 Å². The molecule has 1 aromatic carbocycles. The summed E-state index contributed by atoms with van der Waals surface area (Å²) in [4.78, 5) is 10.2. The summed E-state index contributed by atoms with van der Waals surface area (Å²) in [5.41, 5.74) is 0.953. The first-order valence-electron chi connectivity index (χ1n) is 3.77. The summed E-state index contributed by atoms with van der Waals surface area (Å²) in [6, 6.07) is 9.44. The maximum Gasteiger partial charge on any atom is 0.171 e. The Labute approximate surface area is 76.0 Å². The molecule has 0 heterocycles. The summed E-state index contributed by atoms with van der Waals surface area (Å²) < 4.78 is 0. The van der Waals surface area contributed by atoms with Crippen molar-refractivity contribution in [1.29, 1.82) is 0 Å². The number of carbonyl (C=O) groups excluding carboxylic acids is 1. The number of hydrogen-bond donors (Lipinski definition) is 1. The molecule has 1 rings (SSSR count). The third-order valence-corrected chi connectivity index (χ3v) is 1.48. The van der Waals surface area contributed by atoms with Crippen molar-refractivity contribution in [3.8, 4) is 0 Å². The van der Waals surface area contributed by atoms with Gasteiger partial charge in [-0.25, -0.2) is 0 Å². The minimum atomic E-state index is 0.00357. The predicted octanol–water partition coefficient (Wildman–Crippen LogP) is 1.73. The van der Waals surface area contributed by atoms with Gasteiger partial charge in [0.15, 0.2) is 6.29 Å². The molecule has 0 saturated carbocycles. The second kappa shape index (κ2) is 4.87. The van der Waals surface area contributed by atoms with Crippen LogP contribution in [0.3, 0.4) is 0 Å². The van der Waals surface area contributed by atoms with Crippen molar-refractivity contribution in [3.63, 3.8) is 0 Å². The molecule has 0 amide bonds. The first-order valence-corrected chi connectivity index (χ1v) is 3.77. The fourth-order valence-corrected chi connectivity index (χ4v) is 0.842. The van der Waals surface area contributed by atoms with E-state index in [-0.39, 0.29) is 5.71 Å². The van der Waals surface area contributed by atoms with Crippen molar-refractivity contribution in [2.45, 2.75) is 0 Å². The summed E-state index contributed by atoms with van der Waals surface area (Å²) in [6.07, 6.45) is 3.63. The van der Waals surface area contributed by atoms with E-state index < -0.39 is 0 Å². The zero-order chi connectivity index (χ0) is 9.52. The van der Waals surface area contributed by atoms with Crippen LogP contribution in [0.2, 0.25) is 0 Å². The Balaban J connectivity index is 2.74. The highest BCUT2D eigenvalue weighted by atomic mass is 16.4. The van der Waals surface area contributed by atoms with Gasteiger partial charge in [0.25, 0.3) is 0 Å². The molecular formula is C10H9NO2. The summed E-state index contributed by atoms with van der Waals surface area (Å²) in [5, 5.41) is 11.1. The molecular weight excluding hydrogens is 166 g/mol. The van der Waals surface area contributed by atoms with Crippen LogP contribution in [0.25, 0.3) is 6.08 Å². The number of aldehydes is 1. The third-order valence-electron chi connectivity index (χ3n) is 1.48. The van der Waals surface area contributed by atoms with Crippen molar-refractivity contribution in [2.24, 2.45) is 5.16 Å². The Morgan fingerprint density at radius 2 is 2.00 bits per heavy atom. The first kappa shape index (κ1) is 9.19. The lowest BCUT2D eigenvalue weighted by atomic mass is 10.2. The number of hydrogen-bond acceptors (Lipinski definition) is 3. The smallest absolute Gasteiger partial charge is 0.171 e. The molecule has 13 heavy (non-hydrogen) atoms. The van der Waals surface area contributed by atoms with Crippen LogP contribution in [0.15, 0.2) is 41.6 Å². The van der Waals surface area contributed by atoms with Crippen LogP contribution in [0.4, 0.5) is 0 Å². The number of oxime groups is 1. The normalized spacial score (nSPS) is 11.8. The third kappa shape index (κ3) is 2.91. The number of carbonyl (C=O) groups is 1. The summed E-state index contributed by atoms with van der Waals surface area (Å²) in [6.45, 7) is 0. The van der Waals surface area contributed by atoms with Gasteiger partial charge in [-0.1, -0.05) is 41.6 Å². The average Bonchev–Trinajstić information content (AvgIpc) is 2.21. The van der Waals surface area contributed by atoms with Crippen LogP contribution < -0.4 is 0 Å². The van der Waals surface area contributed by atoms with Gasteiger partial charge in [0.2, 0.25) is 0 Å². The number of allylic oxidation sites excluding steroid dienone is 1. The molecule has 3 nitrogen and oxygen atoms in total. The monoisotopic (exact) mass is 175 g/mol. The maximum atomic E-state index is 10.2. The lowest BCUT2D eigenvalue weighted by molar-refractivity contribution is -0.102. The molecule has 0 aromatic heterocycles. The Kier molecular flexibility index (Phi) is 3.45. The fraction of sp³-hybridized carbons (Fsp3) is 0. The molecule has 0 aliphatic heterocycles. The lowest BCUT2D eigenvalue weighted by Crippen LogP contribution is -1.92. The van der Waals surface area contributed by atoms with E-state index in [0.29, 0.717) is 6.29 Å². The van der Waals surface area contributed by atoms with Crippen LogP contribution in [0.5, 0.6) is 0 Å². The van der Waals surface area contributed by atoms with E-state index in [2.05, 4.69) is 5.16 Å². The highest BCUT2D eigenvalue weighted by Crippen LogP contribution is 2.00. The number of nitrogens with zero attached hydrogens (tertiary/aromatic N) is 1. The summed E-state index contributed by atoms with van der Waals surface area (Å²) >= 11 is 0. The Morgan fingerprint density at radius 1 is 1.31 bits per heavy atom. The predicted molar refractivity (Wildman–Crippen MR) is 50.8 cm³/mol. The van der Waals surface area contributed by atoms with Gasteiger partial charge in [-0.05, 0) is 11.6 Å². The largest absolute Gasteiger partial charge is 0.410 e. The van der Waals surface area contributed by atoms with Crippen LogP contribution in [0, 0.1) is 0 Å². The number of rotatable bonds is 3. The standard InChI is InChI=1S/C10H9NO2/c12-8-10(11-13)7-6-9-4-2-1-3-5-9/h1-8,13H/b7-6+,11-10+. The number of benzene rings is 1. The van der Waals surface area contributed by atoms with Crippen molar-refractivity contribution in [2.75, 3.05) is 0 Å². The van der Waals surface area contributed by atoms with E-state index in [0.717, 1.165) is 5.56 Å². The van der Waals surface area contributed by atoms with Gasteiger partial charge in [-0.3, -0.25) is 4.79 Å². The van der Waals surface area contributed by atoms with Crippen LogP contribution in [0.1, 0.15) is 5.56 Å². The Bertz CT molecular complexity index is 328. The SMILES string of the molecule is O=CC(/C=C/c1ccccc1)=N/O. The molecule has 0 spiro atoms. The van der Waals surface area contributed by atoms with Gasteiger partial charge < -0.3 is 5.21 Å². The van der Waals surface area contributed by atoms with E-state index in [9.17, 15) is 4.79 Å². The molecule has 1 N–H and O–H groups in total. The van der Waals surface area contributed by atoms with E-state index >= 15 is 0 Å². The second-order valence-electron chi connectivity index (χ2n) is 2.39. The zero-order valence-corrected chi connectivity index (χ0v) is 6.92. The first-order chi connectivity index (χ1) is 6.36. The lowest BCUT2D eigenvalue weighted by Gasteiger charge is -1.89. The van der Waals surface area contributed by atoms with E-state index in [4.69, 9.17) is 5.21 Å². The van der Waals surface area contributed by atoms with Gasteiger partial charge in [0, 0.05) is 0 Å². The van der Waals surface area contributed by atoms with Crippen molar-refractivity contribution >= 4 is 18.1 Å². The molecule has 0 saturated heterocycles. The molecule has 0 aliphatic rings. The Hall–Kier alpha value is -1.90. The van der Waals surface area contributed by atoms with Crippen LogP contribution >= 0.6 is 0 Å². The second-order valence-corrected chi connectivity index (χ2v) is 2.39. The van der Waals surface area contributed by atoms with E-state index in [1.165, 1.54) is 6.08 Å². The molecule has 66 valence electrons. The van der Waals surface area contributed by atoms with Gasteiger partial charge in [-0.2, -0.15) is 0 Å². The van der Waals surface area contributed by atoms with Crippen molar-refractivity contribution < 1.29 is 10.0 Å². The minimum absolute atomic E-state index is 0.00357. The molecule has 0 aliphatic carbocycles. The van der Waals surface area contributed by atoms with Gasteiger partial charge in [-0.15, -0.1) is 0 Å². The fourth-order valence-electron chi connectivity index (χ4n) is 0.842. The molecule has 0 atom stereocenters. The molecule has 1 aromatic rings. The van der Waals surface area contributed by atoms with Gasteiger partial charge in [0.1, 0.15) is 5.71 Å². The Morgan fingerprint density at radius 3 is 2.54 bits per heavy atom. The highest BCUT2D eigenvalue weighted by molar-refractivity contribution is 6.34. The van der Waals surface area contributed by atoms with E-state index in [1.807, 2.05) is 30.3 Å². The average molecular weight is 175 g/mol. The maximum absolute atomic E-state index is 10.2.